The van der Waals surface area contributed by atoms with Crippen molar-refractivity contribution in [1.82, 2.24) is 9.97 Å². The smallest absolute Gasteiger partial charge is 0.219 e. The average Bonchev–Trinajstić information content (AvgIpc) is 2.20. The summed E-state index contributed by atoms with van der Waals surface area (Å²) in [5.74, 6) is -0.183. The zero-order valence-electron chi connectivity index (χ0n) is 7.61. The molecule has 0 aliphatic rings. The van der Waals surface area contributed by atoms with Crippen LogP contribution in [0.4, 0.5) is 10.3 Å². The zero-order valence-corrected chi connectivity index (χ0v) is 8.37. The number of hydrogen-bond donors (Lipinski definition) is 1. The molecule has 0 amide bonds. The maximum Gasteiger partial charge on any atom is 0.219 e. The van der Waals surface area contributed by atoms with Crippen LogP contribution in [-0.4, -0.2) is 9.97 Å². The summed E-state index contributed by atoms with van der Waals surface area (Å²) in [7, 11) is 0. The van der Waals surface area contributed by atoms with Crippen molar-refractivity contribution in [2.24, 2.45) is 0 Å². The van der Waals surface area contributed by atoms with Gasteiger partial charge in [-0.2, -0.15) is 0 Å². The van der Waals surface area contributed by atoms with Gasteiger partial charge in [0.05, 0.1) is 5.02 Å². The molecule has 76 valence electrons. The number of rotatable bonds is 1. The molecule has 0 fully saturated rings. The number of hydrogen-bond acceptors (Lipinski definition) is 3. The molecule has 1 heterocycles. The third-order valence-electron chi connectivity index (χ3n) is 1.91. The number of nitrogens with two attached hydrogens (primary N) is 1. The van der Waals surface area contributed by atoms with Crippen LogP contribution in [0.5, 0.6) is 0 Å². The van der Waals surface area contributed by atoms with Gasteiger partial charge < -0.3 is 5.73 Å². The first-order valence-electron chi connectivity index (χ1n) is 4.20. The summed E-state index contributed by atoms with van der Waals surface area (Å²) < 4.78 is 12.8. The minimum atomic E-state index is -0.375. The van der Waals surface area contributed by atoms with Crippen LogP contribution < -0.4 is 5.73 Å². The molecule has 2 aromatic rings. The van der Waals surface area contributed by atoms with Gasteiger partial charge in [-0.15, -0.1) is 0 Å². The van der Waals surface area contributed by atoms with Crippen LogP contribution in [0.1, 0.15) is 0 Å². The van der Waals surface area contributed by atoms with Crippen LogP contribution in [0.2, 0.25) is 5.02 Å². The van der Waals surface area contributed by atoms with Crippen molar-refractivity contribution >= 4 is 17.5 Å². The zero-order chi connectivity index (χ0) is 10.8. The standard InChI is InChI=1S/C10H7ClFN3/c11-9-3-7(12)1-2-8(9)6-4-14-10(13)15-5-6/h1-5H,(H2,13,14,15). The third-order valence-corrected chi connectivity index (χ3v) is 2.23. The Kier molecular flexibility index (Phi) is 2.51. The Hall–Kier alpha value is -1.68. The lowest BCUT2D eigenvalue weighted by Gasteiger charge is -2.03. The quantitative estimate of drug-likeness (QED) is 0.808. The summed E-state index contributed by atoms with van der Waals surface area (Å²) in [5.41, 5.74) is 6.73. The highest BCUT2D eigenvalue weighted by molar-refractivity contribution is 6.33. The molecule has 1 aromatic heterocycles. The Morgan fingerprint density at radius 3 is 2.47 bits per heavy atom. The molecule has 2 N–H and O–H groups in total. The summed E-state index contributed by atoms with van der Waals surface area (Å²) in [4.78, 5) is 7.67. The average molecular weight is 224 g/mol. The Labute approximate surface area is 90.7 Å². The van der Waals surface area contributed by atoms with Crippen molar-refractivity contribution in [3.63, 3.8) is 0 Å². The van der Waals surface area contributed by atoms with Crippen molar-refractivity contribution in [3.8, 4) is 11.1 Å². The first kappa shape index (κ1) is 9.86. The van der Waals surface area contributed by atoms with E-state index in [2.05, 4.69) is 9.97 Å². The van der Waals surface area contributed by atoms with Gasteiger partial charge in [-0.1, -0.05) is 11.6 Å². The second kappa shape index (κ2) is 3.82. The number of benzene rings is 1. The van der Waals surface area contributed by atoms with Crippen LogP contribution in [0, 0.1) is 5.82 Å². The minimum absolute atomic E-state index is 0.192. The van der Waals surface area contributed by atoms with Gasteiger partial charge in [0, 0.05) is 23.5 Å². The lowest BCUT2D eigenvalue weighted by Crippen LogP contribution is -1.93. The summed E-state index contributed by atoms with van der Waals surface area (Å²) in [6, 6.07) is 4.15. The molecule has 0 bridgehead atoms. The van der Waals surface area contributed by atoms with E-state index in [9.17, 15) is 4.39 Å². The van der Waals surface area contributed by atoms with E-state index in [1.807, 2.05) is 0 Å². The predicted octanol–water partition coefficient (Wildman–Crippen LogP) is 2.52. The molecule has 0 saturated carbocycles. The predicted molar refractivity (Wildman–Crippen MR) is 56.8 cm³/mol. The summed E-state index contributed by atoms with van der Waals surface area (Å²) >= 11 is 5.88. The topological polar surface area (TPSA) is 51.8 Å². The number of aromatic nitrogens is 2. The maximum absolute atomic E-state index is 12.8. The Morgan fingerprint density at radius 1 is 1.20 bits per heavy atom. The molecule has 0 radical (unpaired) electrons. The van der Waals surface area contributed by atoms with Crippen molar-refractivity contribution in [1.29, 1.82) is 0 Å². The van der Waals surface area contributed by atoms with E-state index in [0.717, 1.165) is 0 Å². The highest BCUT2D eigenvalue weighted by Crippen LogP contribution is 2.27. The van der Waals surface area contributed by atoms with Crippen LogP contribution in [0.25, 0.3) is 11.1 Å². The lowest BCUT2D eigenvalue weighted by atomic mass is 10.1. The first-order valence-corrected chi connectivity index (χ1v) is 4.57. The highest BCUT2D eigenvalue weighted by Gasteiger charge is 2.05. The van der Waals surface area contributed by atoms with E-state index in [4.69, 9.17) is 17.3 Å². The second-order valence-corrected chi connectivity index (χ2v) is 3.36. The molecular formula is C10H7ClFN3. The summed E-state index contributed by atoms with van der Waals surface area (Å²) in [6.07, 6.45) is 3.09. The Balaban J connectivity index is 2.49. The van der Waals surface area contributed by atoms with Gasteiger partial charge in [0.2, 0.25) is 5.95 Å². The lowest BCUT2D eigenvalue weighted by molar-refractivity contribution is 0.628. The summed E-state index contributed by atoms with van der Waals surface area (Å²) in [5, 5.41) is 0.323. The number of nitrogens with zero attached hydrogens (tertiary/aromatic N) is 2. The molecule has 15 heavy (non-hydrogen) atoms. The molecule has 3 nitrogen and oxygen atoms in total. The second-order valence-electron chi connectivity index (χ2n) is 2.95. The van der Waals surface area contributed by atoms with Crippen molar-refractivity contribution in [3.05, 3.63) is 41.4 Å². The van der Waals surface area contributed by atoms with E-state index in [-0.39, 0.29) is 11.8 Å². The van der Waals surface area contributed by atoms with E-state index in [1.54, 1.807) is 18.5 Å². The van der Waals surface area contributed by atoms with Crippen molar-refractivity contribution < 1.29 is 4.39 Å². The molecule has 1 aromatic carbocycles. The van der Waals surface area contributed by atoms with Gasteiger partial charge in [-0.3, -0.25) is 0 Å². The molecule has 0 saturated heterocycles. The van der Waals surface area contributed by atoms with Gasteiger partial charge in [0.1, 0.15) is 5.82 Å². The van der Waals surface area contributed by atoms with E-state index in [0.29, 0.717) is 16.1 Å². The van der Waals surface area contributed by atoms with Crippen LogP contribution in [0.15, 0.2) is 30.6 Å². The Morgan fingerprint density at radius 2 is 1.87 bits per heavy atom. The molecular weight excluding hydrogens is 217 g/mol. The van der Waals surface area contributed by atoms with E-state index < -0.39 is 0 Å². The fourth-order valence-electron chi connectivity index (χ4n) is 1.20. The van der Waals surface area contributed by atoms with Gasteiger partial charge >= 0.3 is 0 Å². The number of anilines is 1. The molecule has 0 aliphatic carbocycles. The SMILES string of the molecule is Nc1ncc(-c2ccc(F)cc2Cl)cn1. The fourth-order valence-corrected chi connectivity index (χ4v) is 1.48. The van der Waals surface area contributed by atoms with E-state index in [1.165, 1.54) is 12.1 Å². The largest absolute Gasteiger partial charge is 0.368 e. The van der Waals surface area contributed by atoms with Crippen LogP contribution in [0.3, 0.4) is 0 Å². The minimum Gasteiger partial charge on any atom is -0.368 e. The number of nitrogen functional groups attached to an aromatic ring is 1. The maximum atomic E-state index is 12.8. The monoisotopic (exact) mass is 223 g/mol. The van der Waals surface area contributed by atoms with Gasteiger partial charge in [-0.25, -0.2) is 14.4 Å². The molecule has 0 unspecified atom stereocenters. The highest BCUT2D eigenvalue weighted by atomic mass is 35.5. The van der Waals surface area contributed by atoms with Gasteiger partial charge in [0.25, 0.3) is 0 Å². The van der Waals surface area contributed by atoms with E-state index >= 15 is 0 Å². The molecule has 0 atom stereocenters. The number of halogens is 2. The van der Waals surface area contributed by atoms with Gasteiger partial charge in [-0.05, 0) is 18.2 Å². The fraction of sp³-hybridized carbons (Fsp3) is 0. The normalized spacial score (nSPS) is 10.3. The van der Waals surface area contributed by atoms with Gasteiger partial charge in [0.15, 0.2) is 0 Å². The van der Waals surface area contributed by atoms with Crippen LogP contribution in [-0.2, 0) is 0 Å². The molecule has 2 rings (SSSR count). The third kappa shape index (κ3) is 2.05. The first-order chi connectivity index (χ1) is 7.16. The summed E-state index contributed by atoms with van der Waals surface area (Å²) in [6.45, 7) is 0. The molecule has 0 spiro atoms. The molecule has 0 aliphatic heterocycles. The van der Waals surface area contributed by atoms with Crippen molar-refractivity contribution in [2.75, 3.05) is 5.73 Å². The van der Waals surface area contributed by atoms with Crippen LogP contribution >= 0.6 is 11.6 Å². The van der Waals surface area contributed by atoms with Crippen molar-refractivity contribution in [2.45, 2.75) is 0 Å². The molecule has 5 heteroatoms. The Bertz CT molecular complexity index is 485.